The van der Waals surface area contributed by atoms with Crippen molar-refractivity contribution in [1.29, 1.82) is 0 Å². The van der Waals surface area contributed by atoms with E-state index in [-0.39, 0.29) is 28.7 Å². The number of aliphatic hydroxyl groups is 1. The Labute approximate surface area is 278 Å². The fourth-order valence-corrected chi connectivity index (χ4v) is 9.82. The van der Waals surface area contributed by atoms with Crippen molar-refractivity contribution in [3.05, 3.63) is 70.3 Å². The Balaban J connectivity index is 1.47. The van der Waals surface area contributed by atoms with Crippen LogP contribution >= 0.6 is 11.6 Å². The zero-order valence-corrected chi connectivity index (χ0v) is 28.9. The highest BCUT2D eigenvalue weighted by Crippen LogP contribution is 2.50. The molecule has 1 spiro atoms. The Bertz CT molecular complexity index is 1610. The lowest BCUT2D eigenvalue weighted by atomic mass is 9.62. The molecule has 2 heterocycles. The zero-order valence-electron chi connectivity index (χ0n) is 27.3. The number of carbonyl (C=O) groups excluding carboxylic acids is 1. The van der Waals surface area contributed by atoms with E-state index in [1.54, 1.807) is 39.2 Å². The Hall–Kier alpha value is -2.59. The number of aliphatic hydroxyl groups excluding tert-OH is 1. The summed E-state index contributed by atoms with van der Waals surface area (Å²) in [5.74, 6) is 0.200. The summed E-state index contributed by atoms with van der Waals surface area (Å²) in [5.41, 5.74) is 2.59. The Morgan fingerprint density at radius 3 is 2.72 bits per heavy atom. The number of hydrogen-bond donors (Lipinski definition) is 2. The van der Waals surface area contributed by atoms with Crippen LogP contribution in [-0.2, 0) is 26.6 Å². The maximum Gasteiger partial charge on any atom is 0.264 e. The summed E-state index contributed by atoms with van der Waals surface area (Å²) in [6.45, 7) is 7.19. The van der Waals surface area contributed by atoms with Crippen LogP contribution < -0.4 is 14.4 Å². The number of rotatable bonds is 3. The molecule has 46 heavy (non-hydrogen) atoms. The van der Waals surface area contributed by atoms with E-state index in [1.807, 2.05) is 19.1 Å². The number of nitrogens with zero attached hydrogens (tertiary/aromatic N) is 1. The highest BCUT2D eigenvalue weighted by atomic mass is 35.5. The van der Waals surface area contributed by atoms with Crippen molar-refractivity contribution in [3.63, 3.8) is 0 Å². The van der Waals surface area contributed by atoms with Crippen molar-refractivity contribution in [3.8, 4) is 5.75 Å². The SMILES string of the molecule is CO[C@@]1(C[C@@H](C)O)/C=C/C[C@H](C)[C@@H](C)S(=O)(=O)NC(=O)c2ccc3c(c2)N(C[C@@H]2CC[C@H]21)C[C@@]1(CCCc2cc(Cl)ccc21)CO3. The van der Waals surface area contributed by atoms with Gasteiger partial charge in [-0.05, 0) is 112 Å². The number of hydrogen-bond acceptors (Lipinski definition) is 7. The summed E-state index contributed by atoms with van der Waals surface area (Å²) in [4.78, 5) is 15.8. The van der Waals surface area contributed by atoms with Crippen molar-refractivity contribution in [2.75, 3.05) is 31.7 Å². The molecule has 1 saturated carbocycles. The molecule has 4 aliphatic rings. The fraction of sp³-hybridized carbons (Fsp3) is 0.583. The van der Waals surface area contributed by atoms with E-state index >= 15 is 0 Å². The molecule has 0 aromatic heterocycles. The quantitative estimate of drug-likeness (QED) is 0.384. The van der Waals surface area contributed by atoms with Crippen LogP contribution in [0.5, 0.6) is 5.75 Å². The summed E-state index contributed by atoms with van der Waals surface area (Å²) in [6, 6.07) is 11.4. The van der Waals surface area contributed by atoms with Crippen LogP contribution in [0.4, 0.5) is 5.69 Å². The second-order valence-corrected chi connectivity index (χ2v) is 16.7. The van der Waals surface area contributed by atoms with Gasteiger partial charge >= 0.3 is 0 Å². The molecule has 2 aromatic carbocycles. The first-order chi connectivity index (χ1) is 21.9. The minimum Gasteiger partial charge on any atom is -0.490 e. The number of ether oxygens (including phenoxy) is 2. The molecule has 0 radical (unpaired) electrons. The average Bonchev–Trinajstić information content (AvgIpc) is 3.14. The first kappa shape index (κ1) is 33.3. The minimum absolute atomic E-state index is 0.153. The smallest absolute Gasteiger partial charge is 0.264 e. The summed E-state index contributed by atoms with van der Waals surface area (Å²) in [6.07, 6.45) is 9.34. The molecule has 6 rings (SSSR count). The van der Waals surface area contributed by atoms with Gasteiger partial charge in [-0.25, -0.2) is 13.1 Å². The van der Waals surface area contributed by atoms with Crippen LogP contribution in [0.25, 0.3) is 0 Å². The van der Waals surface area contributed by atoms with Gasteiger partial charge < -0.3 is 19.5 Å². The molecule has 250 valence electrons. The lowest BCUT2D eigenvalue weighted by molar-refractivity contribution is -0.0960. The number of halogens is 1. The van der Waals surface area contributed by atoms with Crippen LogP contribution in [0.3, 0.4) is 0 Å². The maximum atomic E-state index is 13.5. The summed E-state index contributed by atoms with van der Waals surface area (Å²) in [5, 5.41) is 10.6. The van der Waals surface area contributed by atoms with Gasteiger partial charge in [0, 0.05) is 42.6 Å². The number of sulfonamides is 1. The Morgan fingerprint density at radius 1 is 1.20 bits per heavy atom. The van der Waals surface area contributed by atoms with E-state index in [1.165, 1.54) is 11.1 Å². The maximum absolute atomic E-state index is 13.5. The number of methoxy groups -OCH3 is 1. The van der Waals surface area contributed by atoms with Gasteiger partial charge in [-0.2, -0.15) is 0 Å². The molecule has 2 bridgehead atoms. The van der Waals surface area contributed by atoms with E-state index in [9.17, 15) is 18.3 Å². The van der Waals surface area contributed by atoms with E-state index in [0.717, 1.165) is 42.8 Å². The van der Waals surface area contributed by atoms with Gasteiger partial charge in [0.1, 0.15) is 5.75 Å². The monoisotopic (exact) mass is 670 g/mol. The van der Waals surface area contributed by atoms with E-state index in [2.05, 4.69) is 27.8 Å². The van der Waals surface area contributed by atoms with Gasteiger partial charge in [0.25, 0.3) is 5.91 Å². The fourth-order valence-electron chi connectivity index (χ4n) is 8.34. The minimum atomic E-state index is -3.96. The second kappa shape index (κ2) is 12.8. The van der Waals surface area contributed by atoms with Gasteiger partial charge in [0.15, 0.2) is 0 Å². The van der Waals surface area contributed by atoms with Crippen LogP contribution in [0.2, 0.25) is 5.02 Å². The molecule has 2 N–H and O–H groups in total. The molecule has 0 unspecified atom stereocenters. The van der Waals surface area contributed by atoms with E-state index in [4.69, 9.17) is 21.1 Å². The number of benzene rings is 2. The largest absolute Gasteiger partial charge is 0.490 e. The van der Waals surface area contributed by atoms with Gasteiger partial charge in [-0.3, -0.25) is 4.79 Å². The van der Waals surface area contributed by atoms with Crippen molar-refractivity contribution in [2.45, 2.75) is 88.1 Å². The number of fused-ring (bicyclic) bond motifs is 4. The number of aryl methyl sites for hydroxylation is 1. The molecular formula is C36H47ClN2O6S. The lowest BCUT2D eigenvalue weighted by Crippen LogP contribution is -2.53. The molecule has 2 aliphatic carbocycles. The molecule has 0 saturated heterocycles. The molecule has 1 amide bonds. The highest BCUT2D eigenvalue weighted by molar-refractivity contribution is 7.90. The normalized spacial score (nSPS) is 33.8. The third-order valence-corrected chi connectivity index (χ3v) is 13.4. The van der Waals surface area contributed by atoms with Crippen molar-refractivity contribution >= 4 is 33.2 Å². The summed E-state index contributed by atoms with van der Waals surface area (Å²) in [7, 11) is -2.24. The van der Waals surface area contributed by atoms with Crippen molar-refractivity contribution in [1.82, 2.24) is 4.72 Å². The number of carbonyl (C=O) groups is 1. The predicted molar refractivity (Wildman–Crippen MR) is 181 cm³/mol. The Morgan fingerprint density at radius 2 is 2.00 bits per heavy atom. The Kier molecular flexibility index (Phi) is 9.26. The molecule has 2 aliphatic heterocycles. The highest BCUT2D eigenvalue weighted by Gasteiger charge is 2.49. The van der Waals surface area contributed by atoms with Crippen molar-refractivity contribution in [2.24, 2.45) is 17.8 Å². The molecule has 10 heteroatoms. The topological polar surface area (TPSA) is 105 Å². The first-order valence-electron chi connectivity index (χ1n) is 16.6. The average molecular weight is 671 g/mol. The van der Waals surface area contributed by atoms with E-state index in [0.29, 0.717) is 38.3 Å². The molecule has 1 fully saturated rings. The van der Waals surface area contributed by atoms with Crippen LogP contribution in [-0.4, -0.2) is 63.2 Å². The third-order valence-electron chi connectivity index (χ3n) is 11.2. The summed E-state index contributed by atoms with van der Waals surface area (Å²) < 4.78 is 42.0. The van der Waals surface area contributed by atoms with Crippen molar-refractivity contribution < 1.29 is 27.8 Å². The number of amides is 1. The van der Waals surface area contributed by atoms with Gasteiger partial charge in [-0.15, -0.1) is 0 Å². The van der Waals surface area contributed by atoms with Gasteiger partial charge in [0.2, 0.25) is 10.0 Å². The predicted octanol–water partition coefficient (Wildman–Crippen LogP) is 6.04. The van der Waals surface area contributed by atoms with Gasteiger partial charge in [-0.1, -0.05) is 36.7 Å². The molecule has 7 atom stereocenters. The van der Waals surface area contributed by atoms with Crippen LogP contribution in [0.1, 0.15) is 80.8 Å². The second-order valence-electron chi connectivity index (χ2n) is 14.2. The third kappa shape index (κ3) is 6.20. The van der Waals surface area contributed by atoms with Crippen LogP contribution in [0.15, 0.2) is 48.6 Å². The lowest BCUT2D eigenvalue weighted by Gasteiger charge is -2.51. The molecular weight excluding hydrogens is 624 g/mol. The standard InChI is InChI=1S/C36H47ClN2O6S/c1-23-7-5-16-36(44-4,19-24(2)40)31-12-9-28(31)20-39-21-35(15-6-8-26-17-29(37)11-13-30(26)35)22-45-33-14-10-27(18-32(33)39)34(41)38-46(42,43)25(23)3/h5,10-11,13-14,16-18,23-25,28,31,40H,6-9,12,15,19-22H2,1-4H3,(H,38,41)/b16-5+/t23-,24+,25+,28-,31+,35-,36+/m0/s1. The number of anilines is 1. The van der Waals surface area contributed by atoms with E-state index < -0.39 is 32.9 Å². The molecule has 2 aromatic rings. The zero-order chi connectivity index (χ0) is 32.9. The number of allylic oxidation sites excluding steroid dienone is 1. The number of nitrogens with one attached hydrogen (secondary N) is 1. The van der Waals surface area contributed by atoms with Crippen LogP contribution in [0, 0.1) is 17.8 Å². The first-order valence-corrected chi connectivity index (χ1v) is 18.6. The summed E-state index contributed by atoms with van der Waals surface area (Å²) >= 11 is 6.43. The van der Waals surface area contributed by atoms with Gasteiger partial charge in [0.05, 0.1) is 29.2 Å². The molecule has 8 nitrogen and oxygen atoms in total.